The zero-order chi connectivity index (χ0) is 13.3. The molecule has 1 aromatic rings. The maximum atomic E-state index is 6.24. The van der Waals surface area contributed by atoms with E-state index in [9.17, 15) is 0 Å². The van der Waals surface area contributed by atoms with Crippen molar-refractivity contribution in [2.75, 3.05) is 13.7 Å². The Morgan fingerprint density at radius 2 is 2.17 bits per heavy atom. The van der Waals surface area contributed by atoms with Gasteiger partial charge < -0.3 is 10.5 Å². The molecule has 1 fully saturated rings. The van der Waals surface area contributed by atoms with Crippen molar-refractivity contribution in [1.29, 1.82) is 0 Å². The van der Waals surface area contributed by atoms with Crippen LogP contribution in [0.5, 0.6) is 5.75 Å². The molecule has 100 valence electrons. The molecule has 2 rings (SSSR count). The van der Waals surface area contributed by atoms with Gasteiger partial charge in [0.15, 0.2) is 0 Å². The first-order chi connectivity index (χ1) is 8.54. The molecule has 3 nitrogen and oxygen atoms in total. The van der Waals surface area contributed by atoms with Crippen LogP contribution >= 0.6 is 11.6 Å². The quantitative estimate of drug-likeness (QED) is 0.916. The lowest BCUT2D eigenvalue weighted by Gasteiger charge is -2.30. The summed E-state index contributed by atoms with van der Waals surface area (Å²) in [5.41, 5.74) is 7.42. The van der Waals surface area contributed by atoms with Gasteiger partial charge in [-0.15, -0.1) is 0 Å². The monoisotopic (exact) mass is 268 g/mol. The molecule has 1 saturated heterocycles. The molecule has 0 radical (unpaired) electrons. The van der Waals surface area contributed by atoms with Crippen LogP contribution in [0.4, 0.5) is 0 Å². The normalized spacial score (nSPS) is 24.8. The Morgan fingerprint density at radius 3 is 2.72 bits per heavy atom. The van der Waals surface area contributed by atoms with Gasteiger partial charge in [-0.2, -0.15) is 0 Å². The van der Waals surface area contributed by atoms with Crippen LogP contribution in [0.15, 0.2) is 18.2 Å². The van der Waals surface area contributed by atoms with Gasteiger partial charge in [0.1, 0.15) is 5.75 Å². The van der Waals surface area contributed by atoms with Gasteiger partial charge in [0.2, 0.25) is 0 Å². The highest BCUT2D eigenvalue weighted by molar-refractivity contribution is 6.32. The van der Waals surface area contributed by atoms with E-state index in [4.69, 9.17) is 22.1 Å². The molecule has 0 aromatic heterocycles. The molecule has 2 N–H and O–H groups in total. The van der Waals surface area contributed by atoms with Crippen LogP contribution in [-0.2, 0) is 0 Å². The predicted octanol–water partition coefficient (Wildman–Crippen LogP) is 2.83. The van der Waals surface area contributed by atoms with Crippen LogP contribution in [0.25, 0.3) is 0 Å². The van der Waals surface area contributed by atoms with E-state index in [0.717, 1.165) is 13.0 Å². The Balaban J connectivity index is 2.31. The molecule has 18 heavy (non-hydrogen) atoms. The van der Waals surface area contributed by atoms with E-state index in [1.165, 1.54) is 5.56 Å². The van der Waals surface area contributed by atoms with E-state index in [1.54, 1.807) is 7.11 Å². The summed E-state index contributed by atoms with van der Waals surface area (Å²) in [4.78, 5) is 2.43. The van der Waals surface area contributed by atoms with Crippen LogP contribution in [0.2, 0.25) is 5.02 Å². The standard InChI is InChI=1S/C14H21ClN2O/c1-9(2)17-7-6-12(16)14(17)10-4-5-13(18-3)11(15)8-10/h4-5,8-9,12,14H,6-7,16H2,1-3H3. The minimum Gasteiger partial charge on any atom is -0.495 e. The molecule has 1 aliphatic rings. The van der Waals surface area contributed by atoms with Crippen molar-refractivity contribution >= 4 is 11.6 Å². The lowest BCUT2D eigenvalue weighted by Crippen LogP contribution is -2.35. The number of ether oxygens (including phenoxy) is 1. The zero-order valence-corrected chi connectivity index (χ0v) is 11.9. The number of likely N-dealkylation sites (tertiary alicyclic amines) is 1. The fourth-order valence-electron chi connectivity index (χ4n) is 2.73. The third-order valence-electron chi connectivity index (χ3n) is 3.66. The molecule has 4 heteroatoms. The number of benzene rings is 1. The number of nitrogens with two attached hydrogens (primary N) is 1. The minimum atomic E-state index is 0.178. The molecule has 0 aliphatic carbocycles. The first-order valence-electron chi connectivity index (χ1n) is 6.39. The molecular formula is C14H21ClN2O. The summed E-state index contributed by atoms with van der Waals surface area (Å²) in [6.45, 7) is 5.46. The summed E-state index contributed by atoms with van der Waals surface area (Å²) < 4.78 is 5.19. The summed E-state index contributed by atoms with van der Waals surface area (Å²) in [5.74, 6) is 0.711. The summed E-state index contributed by atoms with van der Waals surface area (Å²) in [7, 11) is 1.63. The van der Waals surface area contributed by atoms with Crippen LogP contribution < -0.4 is 10.5 Å². The van der Waals surface area contributed by atoms with Crippen molar-refractivity contribution in [1.82, 2.24) is 4.90 Å². The van der Waals surface area contributed by atoms with Crippen LogP contribution in [0.3, 0.4) is 0 Å². The SMILES string of the molecule is COc1ccc(C2C(N)CCN2C(C)C)cc1Cl. The second kappa shape index (κ2) is 5.47. The van der Waals surface area contributed by atoms with Crippen LogP contribution in [-0.4, -0.2) is 30.6 Å². The fraction of sp³-hybridized carbons (Fsp3) is 0.571. The third-order valence-corrected chi connectivity index (χ3v) is 3.96. The Bertz CT molecular complexity index is 422. The highest BCUT2D eigenvalue weighted by Gasteiger charge is 2.34. The van der Waals surface area contributed by atoms with E-state index in [-0.39, 0.29) is 12.1 Å². The fourth-order valence-corrected chi connectivity index (χ4v) is 2.99. The Kier molecular flexibility index (Phi) is 4.15. The molecule has 1 aromatic carbocycles. The lowest BCUT2D eigenvalue weighted by molar-refractivity contribution is 0.198. The Hall–Kier alpha value is -0.770. The maximum absolute atomic E-state index is 6.24. The molecule has 0 spiro atoms. The second-order valence-electron chi connectivity index (χ2n) is 5.12. The average Bonchev–Trinajstić information content (AvgIpc) is 2.71. The van der Waals surface area contributed by atoms with Gasteiger partial charge in [-0.05, 0) is 38.0 Å². The van der Waals surface area contributed by atoms with Crippen molar-refractivity contribution in [3.63, 3.8) is 0 Å². The van der Waals surface area contributed by atoms with Gasteiger partial charge >= 0.3 is 0 Å². The minimum absolute atomic E-state index is 0.178. The van der Waals surface area contributed by atoms with Crippen molar-refractivity contribution in [2.24, 2.45) is 5.73 Å². The van der Waals surface area contributed by atoms with E-state index >= 15 is 0 Å². The molecule has 1 heterocycles. The number of halogens is 1. The summed E-state index contributed by atoms with van der Waals surface area (Å²) in [6, 6.07) is 6.89. The molecule has 2 atom stereocenters. The van der Waals surface area contributed by atoms with Gasteiger partial charge in [-0.1, -0.05) is 17.7 Å². The zero-order valence-electron chi connectivity index (χ0n) is 11.2. The van der Waals surface area contributed by atoms with Crippen molar-refractivity contribution in [3.8, 4) is 5.75 Å². The number of nitrogens with zero attached hydrogens (tertiary/aromatic N) is 1. The molecule has 0 bridgehead atoms. The highest BCUT2D eigenvalue weighted by Crippen LogP contribution is 2.36. The summed E-state index contributed by atoms with van der Waals surface area (Å²) in [6.07, 6.45) is 1.03. The average molecular weight is 269 g/mol. The van der Waals surface area contributed by atoms with Crippen LogP contribution in [0.1, 0.15) is 31.9 Å². The number of hydrogen-bond donors (Lipinski definition) is 1. The summed E-state index contributed by atoms with van der Waals surface area (Å²) in [5, 5.41) is 0.651. The van der Waals surface area contributed by atoms with Gasteiger partial charge in [-0.25, -0.2) is 0 Å². The largest absolute Gasteiger partial charge is 0.495 e. The molecule has 0 amide bonds. The van der Waals surface area contributed by atoms with Gasteiger partial charge in [0.05, 0.1) is 18.2 Å². The Morgan fingerprint density at radius 1 is 1.44 bits per heavy atom. The number of hydrogen-bond acceptors (Lipinski definition) is 3. The number of methoxy groups -OCH3 is 1. The Labute approximate surface area is 114 Å². The van der Waals surface area contributed by atoms with E-state index in [1.807, 2.05) is 12.1 Å². The first-order valence-corrected chi connectivity index (χ1v) is 6.77. The molecule has 1 aliphatic heterocycles. The van der Waals surface area contributed by atoms with Crippen molar-refractivity contribution in [2.45, 2.75) is 38.4 Å². The predicted molar refractivity (Wildman–Crippen MR) is 75.2 cm³/mol. The number of rotatable bonds is 3. The highest BCUT2D eigenvalue weighted by atomic mass is 35.5. The maximum Gasteiger partial charge on any atom is 0.137 e. The summed E-state index contributed by atoms with van der Waals surface area (Å²) >= 11 is 6.20. The first kappa shape index (κ1) is 13.7. The van der Waals surface area contributed by atoms with Gasteiger partial charge in [0.25, 0.3) is 0 Å². The second-order valence-corrected chi connectivity index (χ2v) is 5.53. The topological polar surface area (TPSA) is 38.5 Å². The van der Waals surface area contributed by atoms with Crippen LogP contribution in [0, 0.1) is 0 Å². The molecule has 0 saturated carbocycles. The van der Waals surface area contributed by atoms with E-state index in [2.05, 4.69) is 24.8 Å². The lowest BCUT2D eigenvalue weighted by atomic mass is 10.00. The van der Waals surface area contributed by atoms with Gasteiger partial charge in [-0.3, -0.25) is 4.90 Å². The van der Waals surface area contributed by atoms with Crippen molar-refractivity contribution in [3.05, 3.63) is 28.8 Å². The molecule has 2 unspecified atom stereocenters. The smallest absolute Gasteiger partial charge is 0.137 e. The molecular weight excluding hydrogens is 248 g/mol. The third kappa shape index (κ3) is 2.48. The van der Waals surface area contributed by atoms with E-state index < -0.39 is 0 Å². The van der Waals surface area contributed by atoms with Crippen molar-refractivity contribution < 1.29 is 4.74 Å². The van der Waals surface area contributed by atoms with Gasteiger partial charge in [0, 0.05) is 18.6 Å². The van der Waals surface area contributed by atoms with E-state index in [0.29, 0.717) is 16.8 Å².